The number of amides is 2. The van der Waals surface area contributed by atoms with E-state index in [4.69, 9.17) is 21.1 Å². The number of hydrazone groups is 1. The van der Waals surface area contributed by atoms with E-state index in [0.717, 1.165) is 35.3 Å². The Labute approximate surface area is 280 Å². The Hall–Kier alpha value is -3.11. The molecule has 0 radical (unpaired) electrons. The summed E-state index contributed by atoms with van der Waals surface area (Å²) in [6.45, 7) is 9.61. The number of carbonyl (C=O) groups excluding carboxylic acids is 2. The van der Waals surface area contributed by atoms with E-state index >= 15 is 0 Å². The largest absolute Gasteiger partial charge is 0.440 e. The second kappa shape index (κ2) is 17.7. The average Bonchev–Trinajstić information content (AvgIpc) is 3.26. The van der Waals surface area contributed by atoms with Crippen molar-refractivity contribution >= 4 is 39.3 Å². The molecule has 1 N–H and O–H groups in total. The van der Waals surface area contributed by atoms with Gasteiger partial charge < -0.3 is 9.47 Å². The molecule has 0 aromatic heterocycles. The van der Waals surface area contributed by atoms with Gasteiger partial charge in [0.05, 0.1) is 4.90 Å². The summed E-state index contributed by atoms with van der Waals surface area (Å²) < 4.78 is 35.1. The van der Waals surface area contributed by atoms with Crippen LogP contribution in [0.2, 0.25) is 5.02 Å². The lowest BCUT2D eigenvalue weighted by Crippen LogP contribution is -2.42. The molecule has 2 aromatic rings. The summed E-state index contributed by atoms with van der Waals surface area (Å²) in [6.07, 6.45) is 13.3. The van der Waals surface area contributed by atoms with E-state index in [-0.39, 0.29) is 16.7 Å². The Bertz CT molecular complexity index is 1460. The normalized spacial score (nSPS) is 16.2. The highest BCUT2D eigenvalue weighted by Crippen LogP contribution is 2.36. The Morgan fingerprint density at radius 2 is 1.59 bits per heavy atom. The van der Waals surface area contributed by atoms with Gasteiger partial charge in [0, 0.05) is 11.3 Å². The zero-order chi connectivity index (χ0) is 33.9. The van der Waals surface area contributed by atoms with Gasteiger partial charge in [0.25, 0.3) is 5.91 Å². The van der Waals surface area contributed by atoms with Crippen molar-refractivity contribution in [3.05, 3.63) is 58.1 Å². The van der Waals surface area contributed by atoms with Crippen molar-refractivity contribution in [2.75, 3.05) is 6.26 Å². The van der Waals surface area contributed by atoms with Gasteiger partial charge >= 0.3 is 6.09 Å². The summed E-state index contributed by atoms with van der Waals surface area (Å²) in [7, 11) is -3.34. The van der Waals surface area contributed by atoms with E-state index in [9.17, 15) is 18.0 Å². The van der Waals surface area contributed by atoms with Gasteiger partial charge in [-0.1, -0.05) is 102 Å². The SMILES string of the molecule is CCCCCCCCCCCCC(C)c1cc(Cl)c(C)cc1OC1=NN(NC(=O)OC(C)c2ccc(S(C)(=O)=O)cc2)C(=O)C1C. The fourth-order valence-electron chi connectivity index (χ4n) is 5.39. The van der Waals surface area contributed by atoms with Crippen LogP contribution in [0.3, 0.4) is 0 Å². The van der Waals surface area contributed by atoms with Crippen molar-refractivity contribution in [2.45, 2.75) is 122 Å². The topological polar surface area (TPSA) is 114 Å². The van der Waals surface area contributed by atoms with Gasteiger partial charge in [-0.3, -0.25) is 4.79 Å². The highest BCUT2D eigenvalue weighted by molar-refractivity contribution is 7.90. The highest BCUT2D eigenvalue weighted by atomic mass is 35.5. The first-order valence-electron chi connectivity index (χ1n) is 16.5. The van der Waals surface area contributed by atoms with Crippen LogP contribution in [0.5, 0.6) is 5.75 Å². The van der Waals surface area contributed by atoms with Crippen LogP contribution in [-0.2, 0) is 19.4 Å². The van der Waals surface area contributed by atoms with Crippen molar-refractivity contribution in [3.63, 3.8) is 0 Å². The van der Waals surface area contributed by atoms with Crippen molar-refractivity contribution < 1.29 is 27.5 Å². The van der Waals surface area contributed by atoms with Crippen molar-refractivity contribution in [2.24, 2.45) is 11.0 Å². The predicted octanol–water partition coefficient (Wildman–Crippen LogP) is 9.04. The number of aryl methyl sites for hydroxylation is 1. The first-order valence-corrected chi connectivity index (χ1v) is 18.8. The van der Waals surface area contributed by atoms with Crippen LogP contribution in [0.1, 0.15) is 127 Å². The van der Waals surface area contributed by atoms with E-state index in [1.165, 1.54) is 69.9 Å². The monoisotopic (exact) mass is 675 g/mol. The number of hydrogen-bond donors (Lipinski definition) is 1. The van der Waals surface area contributed by atoms with Gasteiger partial charge in [-0.25, -0.2) is 18.6 Å². The molecule has 0 saturated heterocycles. The first kappa shape index (κ1) is 37.3. The molecule has 0 aliphatic carbocycles. The zero-order valence-corrected chi connectivity index (χ0v) is 29.7. The third-order valence-electron chi connectivity index (χ3n) is 8.43. The zero-order valence-electron chi connectivity index (χ0n) is 28.1. The number of hydrazine groups is 1. The molecule has 1 aliphatic rings. The maximum atomic E-state index is 13.0. The van der Waals surface area contributed by atoms with E-state index < -0.39 is 33.9 Å². The number of nitrogens with one attached hydrogen (secondary N) is 1. The second-order valence-electron chi connectivity index (χ2n) is 12.4. The maximum absolute atomic E-state index is 13.0. The average molecular weight is 676 g/mol. The molecule has 0 bridgehead atoms. The summed E-state index contributed by atoms with van der Waals surface area (Å²) in [5.41, 5.74) is 4.76. The number of nitrogens with zero attached hydrogens (tertiary/aromatic N) is 2. The highest BCUT2D eigenvalue weighted by Gasteiger charge is 2.36. The summed E-state index contributed by atoms with van der Waals surface area (Å²) >= 11 is 6.52. The Kier molecular flexibility index (Phi) is 14.4. The number of rotatable bonds is 17. The summed E-state index contributed by atoms with van der Waals surface area (Å²) in [5.74, 6) is -0.267. The fraction of sp³-hybridized carbons (Fsp3) is 0.571. The molecule has 3 unspecified atom stereocenters. The van der Waals surface area contributed by atoms with Crippen LogP contribution >= 0.6 is 11.6 Å². The van der Waals surface area contributed by atoms with Crippen LogP contribution in [0.4, 0.5) is 4.79 Å². The lowest BCUT2D eigenvalue weighted by molar-refractivity contribution is -0.134. The van der Waals surface area contributed by atoms with Crippen LogP contribution in [0, 0.1) is 12.8 Å². The van der Waals surface area contributed by atoms with Gasteiger partial charge in [0.2, 0.25) is 5.90 Å². The van der Waals surface area contributed by atoms with Crippen molar-refractivity contribution in [1.82, 2.24) is 10.5 Å². The molecule has 0 saturated carbocycles. The number of carbonyl (C=O) groups is 2. The number of benzene rings is 2. The van der Waals surface area contributed by atoms with Gasteiger partial charge in [-0.15, -0.1) is 10.2 Å². The summed E-state index contributed by atoms with van der Waals surface area (Å²) in [5, 5.41) is 5.73. The van der Waals surface area contributed by atoms with Crippen molar-refractivity contribution in [3.8, 4) is 5.75 Å². The maximum Gasteiger partial charge on any atom is 0.428 e. The van der Waals surface area contributed by atoms with Crippen LogP contribution in [0.25, 0.3) is 0 Å². The van der Waals surface area contributed by atoms with E-state index in [0.29, 0.717) is 16.3 Å². The fourth-order valence-corrected chi connectivity index (χ4v) is 6.19. The van der Waals surface area contributed by atoms with Crippen LogP contribution < -0.4 is 10.2 Å². The molecule has 1 aliphatic heterocycles. The standard InChI is InChI=1S/C35H50ClN3O6S/c1-7-8-9-10-11-12-13-14-15-16-17-24(2)30-23-31(36)25(3)22-32(30)45-33-26(4)34(40)39(37-33)38-35(41)44-27(5)28-18-20-29(21-19-28)46(6,42)43/h18-24,26-27H,7-17H2,1-6H3,(H,38,41). The molecule has 11 heteroatoms. The molecule has 0 fully saturated rings. The van der Waals surface area contributed by atoms with Gasteiger partial charge in [-0.05, 0) is 74.1 Å². The number of ether oxygens (including phenoxy) is 2. The molecular formula is C35H50ClN3O6S. The van der Waals surface area contributed by atoms with Crippen molar-refractivity contribution in [1.29, 1.82) is 0 Å². The molecular weight excluding hydrogens is 626 g/mol. The Balaban J connectivity index is 1.57. The number of hydrogen-bond acceptors (Lipinski definition) is 7. The Morgan fingerprint density at radius 1 is 1.00 bits per heavy atom. The minimum absolute atomic E-state index is 0.156. The lowest BCUT2D eigenvalue weighted by Gasteiger charge is -2.19. The molecule has 46 heavy (non-hydrogen) atoms. The molecule has 0 spiro atoms. The van der Waals surface area contributed by atoms with E-state index in [1.807, 2.05) is 19.1 Å². The smallest absolute Gasteiger partial charge is 0.428 e. The first-order chi connectivity index (χ1) is 21.8. The third kappa shape index (κ3) is 11.0. The molecule has 254 valence electrons. The molecule has 1 heterocycles. The van der Waals surface area contributed by atoms with E-state index in [2.05, 4.69) is 24.4 Å². The van der Waals surface area contributed by atoms with Crippen LogP contribution in [0.15, 0.2) is 46.4 Å². The quantitative estimate of drug-likeness (QED) is 0.167. The van der Waals surface area contributed by atoms with E-state index in [1.54, 1.807) is 26.0 Å². The van der Waals surface area contributed by atoms with Gasteiger partial charge in [-0.2, -0.15) is 0 Å². The minimum atomic E-state index is -3.34. The van der Waals surface area contributed by atoms with Crippen LogP contribution in [-0.4, -0.2) is 37.7 Å². The third-order valence-corrected chi connectivity index (χ3v) is 9.97. The number of sulfone groups is 1. The van der Waals surface area contributed by atoms with Gasteiger partial charge in [0.1, 0.15) is 17.8 Å². The minimum Gasteiger partial charge on any atom is -0.440 e. The summed E-state index contributed by atoms with van der Waals surface area (Å²) in [4.78, 5) is 25.8. The second-order valence-corrected chi connectivity index (χ2v) is 14.8. The number of halogens is 1. The number of unbranched alkanes of at least 4 members (excludes halogenated alkanes) is 9. The molecule has 2 amide bonds. The predicted molar refractivity (Wildman–Crippen MR) is 183 cm³/mol. The molecule has 9 nitrogen and oxygen atoms in total. The molecule has 2 aromatic carbocycles. The molecule has 3 atom stereocenters. The van der Waals surface area contributed by atoms with Gasteiger partial charge in [0.15, 0.2) is 9.84 Å². The molecule has 3 rings (SSSR count). The Morgan fingerprint density at radius 3 is 2.17 bits per heavy atom. The lowest BCUT2D eigenvalue weighted by atomic mass is 9.93. The summed E-state index contributed by atoms with van der Waals surface area (Å²) in [6, 6.07) is 9.86.